The fourth-order valence-corrected chi connectivity index (χ4v) is 1.80. The van der Waals surface area contributed by atoms with Crippen molar-refractivity contribution in [3.05, 3.63) is 24.3 Å². The van der Waals surface area contributed by atoms with Gasteiger partial charge in [0.15, 0.2) is 0 Å². The van der Waals surface area contributed by atoms with Gasteiger partial charge >= 0.3 is 0 Å². The monoisotopic (exact) mass is 280 g/mol. The minimum atomic E-state index is 0.0105. The number of rotatable bonds is 7. The average molecular weight is 280 g/mol. The Morgan fingerprint density at radius 3 is 2.58 bits per heavy atom. The molecular formula is C14H20N2O2S. The predicted octanol–water partition coefficient (Wildman–Crippen LogP) is 2.73. The lowest BCUT2D eigenvalue weighted by molar-refractivity contribution is -0.120. The molecule has 0 aliphatic rings. The van der Waals surface area contributed by atoms with Crippen molar-refractivity contribution in [2.45, 2.75) is 26.7 Å². The Morgan fingerprint density at radius 1 is 1.37 bits per heavy atom. The van der Waals surface area contributed by atoms with Gasteiger partial charge in [0.2, 0.25) is 5.91 Å². The van der Waals surface area contributed by atoms with Crippen LogP contribution in [0, 0.1) is 5.92 Å². The van der Waals surface area contributed by atoms with Crippen molar-refractivity contribution in [2.24, 2.45) is 11.7 Å². The number of anilines is 1. The summed E-state index contributed by atoms with van der Waals surface area (Å²) in [6, 6.07) is 7.26. The van der Waals surface area contributed by atoms with Crippen molar-refractivity contribution in [1.29, 1.82) is 0 Å². The highest BCUT2D eigenvalue weighted by molar-refractivity contribution is 7.80. The third kappa shape index (κ3) is 4.87. The molecule has 19 heavy (non-hydrogen) atoms. The Bertz CT molecular complexity index is 445. The molecule has 1 aromatic carbocycles. The first-order valence-corrected chi connectivity index (χ1v) is 6.80. The van der Waals surface area contributed by atoms with Crippen LogP contribution in [0.2, 0.25) is 0 Å². The number of hydrogen-bond acceptors (Lipinski definition) is 3. The fourth-order valence-electron chi connectivity index (χ4n) is 1.74. The lowest BCUT2D eigenvalue weighted by atomic mass is 10.0. The minimum Gasteiger partial charge on any atom is -0.484 e. The van der Waals surface area contributed by atoms with E-state index in [0.717, 1.165) is 12.8 Å². The Labute approximate surface area is 119 Å². The molecule has 3 N–H and O–H groups in total. The smallest absolute Gasteiger partial charge is 0.227 e. The summed E-state index contributed by atoms with van der Waals surface area (Å²) in [5.74, 6) is 0.606. The second kappa shape index (κ2) is 7.74. The summed E-state index contributed by atoms with van der Waals surface area (Å²) in [5.41, 5.74) is 6.05. The molecule has 5 heteroatoms. The van der Waals surface area contributed by atoms with Crippen molar-refractivity contribution in [3.63, 3.8) is 0 Å². The summed E-state index contributed by atoms with van der Waals surface area (Å²) in [7, 11) is 0. The van der Waals surface area contributed by atoms with Crippen molar-refractivity contribution in [1.82, 2.24) is 0 Å². The molecule has 0 fully saturated rings. The van der Waals surface area contributed by atoms with Crippen LogP contribution in [-0.2, 0) is 4.79 Å². The first-order chi connectivity index (χ1) is 9.08. The molecule has 0 unspecified atom stereocenters. The zero-order valence-corrected chi connectivity index (χ0v) is 12.1. The van der Waals surface area contributed by atoms with E-state index in [9.17, 15) is 4.79 Å². The van der Waals surface area contributed by atoms with Crippen LogP contribution in [0.4, 0.5) is 5.69 Å². The maximum atomic E-state index is 12.0. The molecule has 4 nitrogen and oxygen atoms in total. The second-order valence-corrected chi connectivity index (χ2v) is 4.78. The van der Waals surface area contributed by atoms with E-state index < -0.39 is 0 Å². The number of carbonyl (C=O) groups excluding carboxylic acids is 1. The molecule has 0 saturated heterocycles. The lowest BCUT2D eigenvalue weighted by Gasteiger charge is -2.15. The predicted molar refractivity (Wildman–Crippen MR) is 81.4 cm³/mol. The summed E-state index contributed by atoms with van der Waals surface area (Å²) in [6.45, 7) is 4.17. The van der Waals surface area contributed by atoms with E-state index in [2.05, 4.69) is 5.32 Å². The molecule has 0 aliphatic heterocycles. The minimum absolute atomic E-state index is 0.0105. The Morgan fingerprint density at radius 2 is 2.00 bits per heavy atom. The molecular weight excluding hydrogens is 260 g/mol. The summed E-state index contributed by atoms with van der Waals surface area (Å²) in [6.07, 6.45) is 1.64. The van der Waals surface area contributed by atoms with Crippen molar-refractivity contribution in [2.75, 3.05) is 11.9 Å². The maximum absolute atomic E-state index is 12.0. The highest BCUT2D eigenvalue weighted by atomic mass is 32.1. The highest BCUT2D eigenvalue weighted by Crippen LogP contribution is 2.25. The maximum Gasteiger partial charge on any atom is 0.227 e. The molecule has 1 amide bonds. The summed E-state index contributed by atoms with van der Waals surface area (Å²) in [4.78, 5) is 12.3. The Balaban J connectivity index is 2.77. The Hall–Kier alpha value is -1.62. The number of ether oxygens (including phenoxy) is 1. The first-order valence-electron chi connectivity index (χ1n) is 6.39. The number of hydrogen-bond donors (Lipinski definition) is 2. The SMILES string of the molecule is CCC(CC)C(=O)Nc1ccccc1OCC(N)=S. The number of nitrogens with two attached hydrogens (primary N) is 1. The van der Waals surface area contributed by atoms with Gasteiger partial charge in [-0.15, -0.1) is 0 Å². The fraction of sp³-hybridized carbons (Fsp3) is 0.429. The molecule has 104 valence electrons. The van der Waals surface area contributed by atoms with Gasteiger partial charge in [0.1, 0.15) is 17.3 Å². The van der Waals surface area contributed by atoms with E-state index in [0.29, 0.717) is 11.4 Å². The summed E-state index contributed by atoms with van der Waals surface area (Å²) >= 11 is 4.77. The first kappa shape index (κ1) is 15.4. The highest BCUT2D eigenvalue weighted by Gasteiger charge is 2.15. The van der Waals surface area contributed by atoms with Crippen molar-refractivity contribution >= 4 is 28.8 Å². The topological polar surface area (TPSA) is 64.3 Å². The summed E-state index contributed by atoms with van der Waals surface area (Å²) in [5, 5.41) is 2.89. The van der Waals surface area contributed by atoms with Gasteiger partial charge in [-0.3, -0.25) is 4.79 Å². The van der Waals surface area contributed by atoms with Gasteiger partial charge in [-0.05, 0) is 25.0 Å². The number of carbonyl (C=O) groups is 1. The van der Waals surface area contributed by atoms with Gasteiger partial charge in [-0.2, -0.15) is 0 Å². The quantitative estimate of drug-likeness (QED) is 0.754. The van der Waals surface area contributed by atoms with Gasteiger partial charge in [-0.25, -0.2) is 0 Å². The van der Waals surface area contributed by atoms with Crippen LogP contribution in [0.25, 0.3) is 0 Å². The average Bonchev–Trinajstić information content (AvgIpc) is 2.39. The zero-order chi connectivity index (χ0) is 14.3. The molecule has 1 rings (SSSR count). The van der Waals surface area contributed by atoms with Gasteiger partial charge in [-0.1, -0.05) is 38.2 Å². The van der Waals surface area contributed by atoms with E-state index in [-0.39, 0.29) is 23.4 Å². The molecule has 0 saturated carbocycles. The van der Waals surface area contributed by atoms with E-state index in [1.165, 1.54) is 0 Å². The molecule has 0 aromatic heterocycles. The van der Waals surface area contributed by atoms with Crippen LogP contribution in [-0.4, -0.2) is 17.5 Å². The van der Waals surface area contributed by atoms with Crippen LogP contribution in [0.15, 0.2) is 24.3 Å². The van der Waals surface area contributed by atoms with Crippen LogP contribution in [0.5, 0.6) is 5.75 Å². The van der Waals surface area contributed by atoms with E-state index in [4.69, 9.17) is 22.7 Å². The van der Waals surface area contributed by atoms with Crippen LogP contribution in [0.1, 0.15) is 26.7 Å². The number of amides is 1. The van der Waals surface area contributed by atoms with E-state index in [1.807, 2.05) is 26.0 Å². The van der Waals surface area contributed by atoms with Gasteiger partial charge in [0, 0.05) is 5.92 Å². The molecule has 1 aromatic rings. The molecule has 0 aliphatic carbocycles. The number of benzene rings is 1. The number of para-hydroxylation sites is 2. The van der Waals surface area contributed by atoms with Crippen molar-refractivity contribution < 1.29 is 9.53 Å². The molecule has 0 bridgehead atoms. The molecule has 0 radical (unpaired) electrons. The molecule has 0 heterocycles. The third-order valence-corrected chi connectivity index (χ3v) is 2.99. The van der Waals surface area contributed by atoms with Crippen LogP contribution in [0.3, 0.4) is 0 Å². The van der Waals surface area contributed by atoms with Gasteiger partial charge < -0.3 is 15.8 Å². The summed E-state index contributed by atoms with van der Waals surface area (Å²) < 4.78 is 5.47. The van der Waals surface area contributed by atoms with Gasteiger partial charge in [0.25, 0.3) is 0 Å². The Kier molecular flexibility index (Phi) is 6.29. The van der Waals surface area contributed by atoms with E-state index >= 15 is 0 Å². The van der Waals surface area contributed by atoms with Crippen LogP contribution < -0.4 is 15.8 Å². The second-order valence-electron chi connectivity index (χ2n) is 4.25. The van der Waals surface area contributed by atoms with Gasteiger partial charge in [0.05, 0.1) is 5.69 Å². The molecule has 0 spiro atoms. The normalized spacial score (nSPS) is 10.3. The van der Waals surface area contributed by atoms with Crippen LogP contribution >= 0.6 is 12.2 Å². The number of nitrogens with one attached hydrogen (secondary N) is 1. The van der Waals surface area contributed by atoms with Crippen molar-refractivity contribution in [3.8, 4) is 5.75 Å². The zero-order valence-electron chi connectivity index (χ0n) is 11.3. The standard InChI is InChI=1S/C14H20N2O2S/c1-3-10(4-2)14(17)16-11-7-5-6-8-12(11)18-9-13(15)19/h5-8,10H,3-4,9H2,1-2H3,(H2,15,19)(H,16,17). The third-order valence-electron chi connectivity index (χ3n) is 2.87. The number of thiocarbonyl (C=S) groups is 1. The largest absolute Gasteiger partial charge is 0.484 e. The van der Waals surface area contributed by atoms with E-state index in [1.54, 1.807) is 12.1 Å². The molecule has 0 atom stereocenters. The lowest BCUT2D eigenvalue weighted by Crippen LogP contribution is -2.23.